The first kappa shape index (κ1) is 17.3. The lowest BCUT2D eigenvalue weighted by Gasteiger charge is -2.05. The number of unbranched alkanes of at least 4 members (excludes halogenated alkanes) is 4. The van der Waals surface area contributed by atoms with Crippen LogP contribution in [0.3, 0.4) is 0 Å². The van der Waals surface area contributed by atoms with Gasteiger partial charge in [0.2, 0.25) is 0 Å². The summed E-state index contributed by atoms with van der Waals surface area (Å²) in [6.07, 6.45) is 6.44. The van der Waals surface area contributed by atoms with Crippen LogP contribution in [0.1, 0.15) is 67.3 Å². The zero-order valence-corrected chi connectivity index (χ0v) is 14.0. The molecular formula is C19H25NO3. The number of ether oxygens (including phenoxy) is 1. The van der Waals surface area contributed by atoms with Crippen LogP contribution in [0, 0.1) is 6.92 Å². The van der Waals surface area contributed by atoms with Crippen molar-refractivity contribution in [1.29, 1.82) is 0 Å². The second kappa shape index (κ2) is 9.13. The quantitative estimate of drug-likeness (QED) is 0.452. The number of ketones is 1. The van der Waals surface area contributed by atoms with Gasteiger partial charge in [0.05, 0.1) is 5.69 Å². The Bertz CT molecular complexity index is 601. The first-order chi connectivity index (χ1) is 11.2. The highest BCUT2D eigenvalue weighted by molar-refractivity contribution is 5.96. The maximum Gasteiger partial charge on any atom is 0.174 e. The van der Waals surface area contributed by atoms with Gasteiger partial charge in [-0.2, -0.15) is 0 Å². The van der Waals surface area contributed by atoms with Crippen molar-refractivity contribution >= 4 is 5.78 Å². The molecule has 23 heavy (non-hydrogen) atoms. The Labute approximate surface area is 137 Å². The second-order valence-corrected chi connectivity index (χ2v) is 5.84. The summed E-state index contributed by atoms with van der Waals surface area (Å²) in [5.41, 5.74) is 1.59. The number of hydrogen-bond acceptors (Lipinski definition) is 4. The van der Waals surface area contributed by atoms with E-state index in [1.165, 1.54) is 19.3 Å². The summed E-state index contributed by atoms with van der Waals surface area (Å²) in [5, 5.41) is 3.81. The van der Waals surface area contributed by atoms with E-state index in [4.69, 9.17) is 9.26 Å². The Morgan fingerprint density at radius 3 is 2.52 bits per heavy atom. The monoisotopic (exact) mass is 315 g/mol. The van der Waals surface area contributed by atoms with Crippen molar-refractivity contribution in [3.05, 3.63) is 47.3 Å². The Kier molecular flexibility index (Phi) is 6.85. The van der Waals surface area contributed by atoms with Crippen molar-refractivity contribution in [3.63, 3.8) is 0 Å². The number of aryl methyl sites for hydroxylation is 1. The fourth-order valence-corrected chi connectivity index (χ4v) is 2.41. The molecule has 0 unspecified atom stereocenters. The van der Waals surface area contributed by atoms with E-state index in [1.807, 2.05) is 37.3 Å². The van der Waals surface area contributed by atoms with E-state index in [0.717, 1.165) is 29.8 Å². The molecule has 0 bridgehead atoms. The summed E-state index contributed by atoms with van der Waals surface area (Å²) in [6.45, 7) is 4.40. The molecule has 2 aromatic rings. The third-order valence-corrected chi connectivity index (χ3v) is 3.74. The third kappa shape index (κ3) is 5.89. The molecule has 0 aliphatic heterocycles. The lowest BCUT2D eigenvalue weighted by atomic mass is 10.0. The second-order valence-electron chi connectivity index (χ2n) is 5.84. The number of nitrogens with zero attached hydrogens (tertiary/aromatic N) is 1. The number of benzene rings is 1. The first-order valence-corrected chi connectivity index (χ1v) is 8.37. The van der Waals surface area contributed by atoms with Gasteiger partial charge in [0.1, 0.15) is 12.4 Å². The molecule has 0 radical (unpaired) electrons. The topological polar surface area (TPSA) is 52.3 Å². The van der Waals surface area contributed by atoms with Crippen molar-refractivity contribution in [2.24, 2.45) is 0 Å². The largest absolute Gasteiger partial charge is 0.486 e. The van der Waals surface area contributed by atoms with Crippen LogP contribution in [0.4, 0.5) is 0 Å². The average molecular weight is 315 g/mol. The zero-order chi connectivity index (χ0) is 16.5. The molecule has 0 atom stereocenters. The van der Waals surface area contributed by atoms with Gasteiger partial charge in [0.15, 0.2) is 11.5 Å². The van der Waals surface area contributed by atoms with Crippen molar-refractivity contribution in [2.75, 3.05) is 0 Å². The molecule has 0 amide bonds. The Hall–Kier alpha value is -2.10. The highest BCUT2D eigenvalue weighted by Crippen LogP contribution is 2.17. The number of rotatable bonds is 10. The molecule has 0 spiro atoms. The van der Waals surface area contributed by atoms with Crippen LogP contribution in [-0.4, -0.2) is 10.9 Å². The molecule has 0 aliphatic rings. The smallest absolute Gasteiger partial charge is 0.174 e. The van der Waals surface area contributed by atoms with Crippen LogP contribution in [0.25, 0.3) is 0 Å². The zero-order valence-electron chi connectivity index (χ0n) is 14.0. The molecule has 0 saturated heterocycles. The van der Waals surface area contributed by atoms with Crippen LogP contribution in [0.15, 0.2) is 34.9 Å². The van der Waals surface area contributed by atoms with Gasteiger partial charge in [0, 0.05) is 18.1 Å². The van der Waals surface area contributed by atoms with Gasteiger partial charge < -0.3 is 9.26 Å². The van der Waals surface area contributed by atoms with Crippen LogP contribution >= 0.6 is 0 Å². The minimum atomic E-state index is 0.207. The summed E-state index contributed by atoms with van der Waals surface area (Å²) in [5.74, 6) is 1.62. The van der Waals surface area contributed by atoms with E-state index in [2.05, 4.69) is 12.1 Å². The van der Waals surface area contributed by atoms with Crippen molar-refractivity contribution < 1.29 is 14.1 Å². The normalized spacial score (nSPS) is 10.7. The predicted octanol–water partition coefficient (Wildman–Crippen LogP) is 5.11. The number of hydrogen-bond donors (Lipinski definition) is 0. The third-order valence-electron chi connectivity index (χ3n) is 3.74. The van der Waals surface area contributed by atoms with E-state index in [-0.39, 0.29) is 5.78 Å². The Morgan fingerprint density at radius 2 is 1.87 bits per heavy atom. The molecule has 0 fully saturated rings. The van der Waals surface area contributed by atoms with Gasteiger partial charge in [-0.3, -0.25) is 4.79 Å². The summed E-state index contributed by atoms with van der Waals surface area (Å²) in [7, 11) is 0. The standard InChI is InChI=1S/C19H25NO3/c1-3-4-5-6-7-8-19(21)16-9-11-17(12-10-16)22-14-18-13-15(2)20-23-18/h9-13H,3-8,14H2,1-2H3. The fraction of sp³-hybridized carbons (Fsp3) is 0.474. The van der Waals surface area contributed by atoms with Crippen molar-refractivity contribution in [1.82, 2.24) is 5.16 Å². The van der Waals surface area contributed by atoms with Gasteiger partial charge in [0.25, 0.3) is 0 Å². The molecule has 1 heterocycles. The SMILES string of the molecule is CCCCCCCC(=O)c1ccc(OCc2cc(C)no2)cc1. The molecule has 2 rings (SSSR count). The highest BCUT2D eigenvalue weighted by atomic mass is 16.5. The average Bonchev–Trinajstić information content (AvgIpc) is 2.98. The molecule has 0 N–H and O–H groups in total. The number of carbonyl (C=O) groups is 1. The van der Waals surface area contributed by atoms with Gasteiger partial charge in [-0.25, -0.2) is 0 Å². The fourth-order valence-electron chi connectivity index (χ4n) is 2.41. The van der Waals surface area contributed by atoms with E-state index in [1.54, 1.807) is 0 Å². The van der Waals surface area contributed by atoms with E-state index in [9.17, 15) is 4.79 Å². The molecular weight excluding hydrogens is 290 g/mol. The predicted molar refractivity (Wildman–Crippen MR) is 89.7 cm³/mol. The Balaban J connectivity index is 1.76. The van der Waals surface area contributed by atoms with Gasteiger partial charge in [-0.1, -0.05) is 37.8 Å². The minimum absolute atomic E-state index is 0.207. The lowest BCUT2D eigenvalue weighted by Crippen LogP contribution is -1.99. The van der Waals surface area contributed by atoms with Crippen molar-refractivity contribution in [2.45, 2.75) is 59.0 Å². The highest BCUT2D eigenvalue weighted by Gasteiger charge is 2.07. The molecule has 1 aromatic carbocycles. The number of carbonyl (C=O) groups excluding carboxylic acids is 1. The Morgan fingerprint density at radius 1 is 1.13 bits per heavy atom. The van der Waals surface area contributed by atoms with Gasteiger partial charge in [-0.05, 0) is 37.6 Å². The maximum atomic E-state index is 12.1. The number of Topliss-reactive ketones (excluding diaryl/α,β-unsaturated/α-hetero) is 1. The molecule has 0 saturated carbocycles. The molecule has 124 valence electrons. The molecule has 0 aliphatic carbocycles. The first-order valence-electron chi connectivity index (χ1n) is 8.37. The summed E-state index contributed by atoms with van der Waals surface area (Å²) >= 11 is 0. The van der Waals surface area contributed by atoms with Crippen molar-refractivity contribution in [3.8, 4) is 5.75 Å². The maximum absolute atomic E-state index is 12.1. The van der Waals surface area contributed by atoms with Crippen LogP contribution < -0.4 is 4.74 Å². The van der Waals surface area contributed by atoms with Crippen LogP contribution in [0.5, 0.6) is 5.75 Å². The van der Waals surface area contributed by atoms with E-state index >= 15 is 0 Å². The molecule has 4 heteroatoms. The summed E-state index contributed by atoms with van der Waals surface area (Å²) in [6, 6.07) is 9.15. The summed E-state index contributed by atoms with van der Waals surface area (Å²) < 4.78 is 10.7. The molecule has 1 aromatic heterocycles. The number of aromatic nitrogens is 1. The van der Waals surface area contributed by atoms with Crippen LogP contribution in [0.2, 0.25) is 0 Å². The van der Waals surface area contributed by atoms with Crippen LogP contribution in [-0.2, 0) is 6.61 Å². The van der Waals surface area contributed by atoms with E-state index in [0.29, 0.717) is 18.8 Å². The summed E-state index contributed by atoms with van der Waals surface area (Å²) in [4.78, 5) is 12.1. The van der Waals surface area contributed by atoms with Gasteiger partial charge in [-0.15, -0.1) is 0 Å². The van der Waals surface area contributed by atoms with E-state index < -0.39 is 0 Å². The lowest BCUT2D eigenvalue weighted by molar-refractivity contribution is 0.0979. The minimum Gasteiger partial charge on any atom is -0.486 e. The molecule has 4 nitrogen and oxygen atoms in total. The van der Waals surface area contributed by atoms with Gasteiger partial charge >= 0.3 is 0 Å².